The fourth-order valence-corrected chi connectivity index (χ4v) is 7.21. The van der Waals surface area contributed by atoms with E-state index < -0.39 is 21.8 Å². The van der Waals surface area contributed by atoms with E-state index in [1.54, 1.807) is 17.0 Å². The van der Waals surface area contributed by atoms with Crippen molar-refractivity contribution in [1.29, 1.82) is 0 Å². The number of piperidine rings is 1. The molecule has 10 heteroatoms. The third-order valence-corrected chi connectivity index (χ3v) is 8.78. The summed E-state index contributed by atoms with van der Waals surface area (Å²) < 4.78 is 42.8. The number of sulfonamides is 1. The summed E-state index contributed by atoms with van der Waals surface area (Å²) in [7, 11) is -4.10. The predicted octanol–water partition coefficient (Wildman–Crippen LogP) is 2.38. The number of carbonyl (C=O) groups is 2. The van der Waals surface area contributed by atoms with Crippen molar-refractivity contribution in [2.75, 3.05) is 5.32 Å². The lowest BCUT2D eigenvalue weighted by Crippen LogP contribution is -2.61. The monoisotopic (exact) mass is 468 g/mol. The molecular weight excluding hydrogens is 447 g/mol. The van der Waals surface area contributed by atoms with Crippen molar-refractivity contribution in [3.63, 3.8) is 0 Å². The number of halogens is 1. The molecule has 2 aromatic rings. The van der Waals surface area contributed by atoms with Crippen LogP contribution < -0.4 is 5.32 Å². The minimum Gasteiger partial charge on any atom is -0.341 e. The van der Waals surface area contributed by atoms with Crippen LogP contribution >= 0.6 is 0 Å². The normalized spacial score (nSPS) is 31.6. The molecule has 1 aromatic carbocycles. The number of likely N-dealkylation sites (tertiary alicyclic amines) is 1. The highest BCUT2D eigenvalue weighted by Crippen LogP contribution is 2.54. The summed E-state index contributed by atoms with van der Waals surface area (Å²) in [4.78, 5) is 32.8. The predicted molar refractivity (Wildman–Crippen MR) is 116 cm³/mol. The number of amides is 1. The molecule has 5 atom stereocenters. The number of pyridine rings is 1. The van der Waals surface area contributed by atoms with Gasteiger partial charge in [-0.05, 0) is 54.9 Å². The third kappa shape index (κ3) is 3.11. The van der Waals surface area contributed by atoms with Crippen LogP contribution in [-0.2, 0) is 26.2 Å². The molecule has 1 unspecified atom stereocenters. The Morgan fingerprint density at radius 2 is 1.85 bits per heavy atom. The van der Waals surface area contributed by atoms with Crippen LogP contribution in [0.2, 0.25) is 0 Å². The van der Waals surface area contributed by atoms with Crippen LogP contribution in [0, 0.1) is 29.5 Å². The van der Waals surface area contributed by atoms with E-state index in [4.69, 9.17) is 0 Å². The highest BCUT2D eigenvalue weighted by Gasteiger charge is 2.60. The lowest BCUT2D eigenvalue weighted by Gasteiger charge is -2.45. The first-order chi connectivity index (χ1) is 15.8. The molecule has 2 bridgehead atoms. The Balaban J connectivity index is 1.41. The van der Waals surface area contributed by atoms with Gasteiger partial charge in [-0.15, -0.1) is 4.40 Å². The standard InChI is InChI=1S/C23H21FN4O4S/c24-15-5-1-12(2-6-15)11-28-20-14-4-3-13(9-14)18(20)21(29)19(23(28)30)22-26-16-7-8-25-10-17(16)33(31,32)27-22/h1-2,5-8,10,13-14,18-20H,3-4,9,11H2,(H,26,27)/t13-,14+,18+,19?,20-/m0/s1. The molecule has 3 fully saturated rings. The third-order valence-electron chi connectivity index (χ3n) is 7.46. The van der Waals surface area contributed by atoms with E-state index in [1.165, 1.54) is 30.6 Å². The molecule has 2 saturated carbocycles. The quantitative estimate of drug-likeness (QED) is 0.693. The van der Waals surface area contributed by atoms with Crippen LogP contribution in [-0.4, -0.2) is 41.9 Å². The van der Waals surface area contributed by atoms with Crippen molar-refractivity contribution in [3.8, 4) is 0 Å². The first-order valence-corrected chi connectivity index (χ1v) is 12.4. The molecule has 1 saturated heterocycles. The molecule has 6 rings (SSSR count). The van der Waals surface area contributed by atoms with E-state index in [0.29, 0.717) is 0 Å². The number of nitrogens with one attached hydrogen (secondary N) is 1. The Morgan fingerprint density at radius 1 is 1.09 bits per heavy atom. The molecule has 0 radical (unpaired) electrons. The van der Waals surface area contributed by atoms with Crippen molar-refractivity contribution in [3.05, 3.63) is 54.1 Å². The van der Waals surface area contributed by atoms with Crippen molar-refractivity contribution in [2.45, 2.75) is 36.7 Å². The van der Waals surface area contributed by atoms with Crippen LogP contribution in [0.3, 0.4) is 0 Å². The number of rotatable bonds is 3. The van der Waals surface area contributed by atoms with Gasteiger partial charge in [-0.1, -0.05) is 12.1 Å². The molecule has 8 nitrogen and oxygen atoms in total. The summed E-state index contributed by atoms with van der Waals surface area (Å²) >= 11 is 0. The van der Waals surface area contributed by atoms with E-state index >= 15 is 0 Å². The van der Waals surface area contributed by atoms with E-state index in [9.17, 15) is 22.4 Å². The number of nitrogens with zero attached hydrogens (tertiary/aromatic N) is 3. The highest BCUT2D eigenvalue weighted by molar-refractivity contribution is 7.90. The second kappa shape index (κ2) is 7.18. The summed E-state index contributed by atoms with van der Waals surface area (Å²) in [6.45, 7) is 0.230. The van der Waals surface area contributed by atoms with Gasteiger partial charge in [0.2, 0.25) is 5.91 Å². The summed E-state index contributed by atoms with van der Waals surface area (Å²) in [5, 5.41) is 2.91. The summed E-state index contributed by atoms with van der Waals surface area (Å²) in [5.41, 5.74) is 0.998. The average molecular weight is 469 g/mol. The van der Waals surface area contributed by atoms with Crippen LogP contribution in [0.15, 0.2) is 52.0 Å². The number of fused-ring (bicyclic) bond motifs is 6. The largest absolute Gasteiger partial charge is 0.341 e. The van der Waals surface area contributed by atoms with Crippen LogP contribution in [0.4, 0.5) is 10.1 Å². The Labute approximate surface area is 190 Å². The topological polar surface area (TPSA) is 109 Å². The van der Waals surface area contributed by atoms with E-state index in [1.807, 2.05) is 0 Å². The minimum absolute atomic E-state index is 0.0922. The number of carbonyl (C=O) groups excluding carboxylic acids is 2. The maximum atomic E-state index is 13.8. The van der Waals surface area contributed by atoms with Gasteiger partial charge in [-0.3, -0.25) is 14.6 Å². The van der Waals surface area contributed by atoms with Gasteiger partial charge < -0.3 is 10.2 Å². The molecular formula is C23H21FN4O4S. The van der Waals surface area contributed by atoms with Gasteiger partial charge in [0, 0.05) is 30.9 Å². The lowest BCUT2D eigenvalue weighted by molar-refractivity contribution is -0.153. The molecule has 1 N–H and O–H groups in total. The Bertz CT molecular complexity index is 1310. The zero-order valence-electron chi connectivity index (χ0n) is 17.5. The fraction of sp³-hybridized carbons (Fsp3) is 0.391. The molecule has 1 amide bonds. The van der Waals surface area contributed by atoms with Gasteiger partial charge in [-0.2, -0.15) is 8.42 Å². The number of benzene rings is 1. The number of Topliss-reactive ketones (excluding diaryl/α,β-unsaturated/α-hetero) is 1. The van der Waals surface area contributed by atoms with Gasteiger partial charge >= 0.3 is 0 Å². The maximum absolute atomic E-state index is 13.8. The highest BCUT2D eigenvalue weighted by atomic mass is 32.2. The van der Waals surface area contributed by atoms with Crippen molar-refractivity contribution >= 4 is 33.2 Å². The van der Waals surface area contributed by atoms with Crippen LogP contribution in [0.25, 0.3) is 0 Å². The summed E-state index contributed by atoms with van der Waals surface area (Å²) in [6.07, 6.45) is 5.39. The zero-order chi connectivity index (χ0) is 22.9. The molecule has 0 spiro atoms. The molecule has 1 aromatic heterocycles. The SMILES string of the molecule is O=C1C(C2=NS(=O)(=O)c3cnccc3N2)C(=O)N(Cc2ccc(F)cc2)[C@H]2[C@@H]3CC[C@@H](C3)[C@@H]12. The Kier molecular flexibility index (Phi) is 4.45. The smallest absolute Gasteiger partial charge is 0.287 e. The number of hydrogen-bond acceptors (Lipinski definition) is 6. The van der Waals surface area contributed by atoms with Gasteiger partial charge in [0.15, 0.2) is 11.7 Å². The number of hydrogen-bond donors (Lipinski definition) is 1. The Morgan fingerprint density at radius 3 is 2.64 bits per heavy atom. The summed E-state index contributed by atoms with van der Waals surface area (Å²) in [5.74, 6) is -2.49. The molecule has 2 aliphatic heterocycles. The summed E-state index contributed by atoms with van der Waals surface area (Å²) in [6, 6.07) is 7.20. The zero-order valence-corrected chi connectivity index (χ0v) is 18.3. The second-order valence-corrected chi connectivity index (χ2v) is 10.8. The Hall–Kier alpha value is -3.14. The van der Waals surface area contributed by atoms with E-state index in [2.05, 4.69) is 14.7 Å². The number of ketones is 1. The molecule has 3 heterocycles. The van der Waals surface area contributed by atoms with Crippen LogP contribution in [0.5, 0.6) is 0 Å². The van der Waals surface area contributed by atoms with E-state index in [0.717, 1.165) is 24.8 Å². The second-order valence-electron chi connectivity index (χ2n) is 9.23. The first-order valence-electron chi connectivity index (χ1n) is 11.0. The lowest BCUT2D eigenvalue weighted by atomic mass is 9.73. The fourth-order valence-electron chi connectivity index (χ4n) is 6.11. The first kappa shape index (κ1) is 20.5. The molecule has 2 aliphatic carbocycles. The molecule has 33 heavy (non-hydrogen) atoms. The van der Waals surface area contributed by atoms with Crippen molar-refractivity contribution < 1.29 is 22.4 Å². The molecule has 170 valence electrons. The van der Waals surface area contributed by atoms with Gasteiger partial charge in [-0.25, -0.2) is 4.39 Å². The number of anilines is 1. The minimum atomic E-state index is -4.10. The van der Waals surface area contributed by atoms with E-state index in [-0.39, 0.29) is 58.4 Å². The van der Waals surface area contributed by atoms with Gasteiger partial charge in [0.25, 0.3) is 10.0 Å². The number of aromatic nitrogens is 1. The van der Waals surface area contributed by atoms with Gasteiger partial charge in [0.05, 0.1) is 5.69 Å². The van der Waals surface area contributed by atoms with Crippen molar-refractivity contribution in [1.82, 2.24) is 9.88 Å². The van der Waals surface area contributed by atoms with Gasteiger partial charge in [0.1, 0.15) is 16.5 Å². The maximum Gasteiger partial charge on any atom is 0.287 e. The van der Waals surface area contributed by atoms with Crippen molar-refractivity contribution in [2.24, 2.45) is 28.1 Å². The molecule has 4 aliphatic rings. The number of amidine groups is 1. The average Bonchev–Trinajstić information content (AvgIpc) is 3.40. The van der Waals surface area contributed by atoms with Crippen LogP contribution in [0.1, 0.15) is 24.8 Å².